The zero-order valence-electron chi connectivity index (χ0n) is 14.2. The fourth-order valence-electron chi connectivity index (χ4n) is 2.53. The minimum atomic E-state index is -4.06. The molecule has 2 aromatic carbocycles. The molecule has 140 valence electrons. The Kier molecular flexibility index (Phi) is 5.55. The zero-order valence-corrected chi connectivity index (χ0v) is 16.5. The van der Waals surface area contributed by atoms with Gasteiger partial charge in [0.25, 0.3) is 10.0 Å². The van der Waals surface area contributed by atoms with E-state index in [1.807, 2.05) is 35.1 Å². The average Bonchev–Trinajstić information content (AvgIpc) is 2.97. The van der Waals surface area contributed by atoms with Gasteiger partial charge in [0.2, 0.25) is 5.91 Å². The second kappa shape index (κ2) is 7.72. The molecule has 0 saturated heterocycles. The highest BCUT2D eigenvalue weighted by atomic mass is 35.5. The molecule has 1 N–H and O–H groups in total. The van der Waals surface area contributed by atoms with Gasteiger partial charge in [0.05, 0.1) is 38.4 Å². The van der Waals surface area contributed by atoms with Crippen LogP contribution in [-0.2, 0) is 21.2 Å². The number of aryl methyl sites for hydroxylation is 1. The summed E-state index contributed by atoms with van der Waals surface area (Å²) in [7, 11) is -4.06. The first-order valence-electron chi connectivity index (χ1n) is 7.88. The Labute approximate surface area is 166 Å². The van der Waals surface area contributed by atoms with Gasteiger partial charge in [-0.25, -0.2) is 17.8 Å². The molecule has 27 heavy (non-hydrogen) atoms. The van der Waals surface area contributed by atoms with Crippen LogP contribution in [0.4, 0.5) is 0 Å². The average molecular weight is 424 g/mol. The molecule has 6 nitrogen and oxygen atoms in total. The summed E-state index contributed by atoms with van der Waals surface area (Å²) >= 11 is 11.7. The van der Waals surface area contributed by atoms with Gasteiger partial charge in [-0.3, -0.25) is 4.79 Å². The van der Waals surface area contributed by atoms with Gasteiger partial charge >= 0.3 is 0 Å². The minimum Gasteiger partial charge on any atom is -0.274 e. The van der Waals surface area contributed by atoms with E-state index < -0.39 is 15.9 Å². The van der Waals surface area contributed by atoms with Crippen LogP contribution in [0.1, 0.15) is 11.4 Å². The van der Waals surface area contributed by atoms with Gasteiger partial charge < -0.3 is 0 Å². The predicted molar refractivity (Wildman–Crippen MR) is 104 cm³/mol. The highest BCUT2D eigenvalue weighted by Crippen LogP contribution is 2.24. The van der Waals surface area contributed by atoms with E-state index in [4.69, 9.17) is 23.2 Å². The van der Waals surface area contributed by atoms with Crippen LogP contribution in [0.25, 0.3) is 5.69 Å². The lowest BCUT2D eigenvalue weighted by atomic mass is 10.2. The number of rotatable bonds is 5. The highest BCUT2D eigenvalue weighted by molar-refractivity contribution is 7.90. The number of benzene rings is 2. The molecule has 0 fully saturated rings. The number of aromatic nitrogens is 2. The Morgan fingerprint density at radius 3 is 2.44 bits per heavy atom. The molecule has 0 radical (unpaired) electrons. The number of carbonyl (C=O) groups is 1. The first kappa shape index (κ1) is 19.4. The van der Waals surface area contributed by atoms with Crippen LogP contribution < -0.4 is 4.72 Å². The molecule has 1 amide bonds. The van der Waals surface area contributed by atoms with Crippen molar-refractivity contribution in [2.24, 2.45) is 0 Å². The maximum absolute atomic E-state index is 12.4. The normalized spacial score (nSPS) is 11.4. The van der Waals surface area contributed by atoms with Gasteiger partial charge in [0, 0.05) is 0 Å². The lowest BCUT2D eigenvalue weighted by Crippen LogP contribution is -2.32. The van der Waals surface area contributed by atoms with Gasteiger partial charge in [-0.15, -0.1) is 0 Å². The van der Waals surface area contributed by atoms with Crippen molar-refractivity contribution in [1.82, 2.24) is 14.5 Å². The molecule has 1 aromatic heterocycles. The number of hydrogen-bond acceptors (Lipinski definition) is 4. The summed E-state index contributed by atoms with van der Waals surface area (Å²) in [5.74, 6) is -0.682. The summed E-state index contributed by atoms with van der Waals surface area (Å²) in [5.41, 5.74) is 2.07. The van der Waals surface area contributed by atoms with Crippen molar-refractivity contribution in [3.05, 3.63) is 76.0 Å². The SMILES string of the molecule is Cc1cc(CC(=O)NS(=O)(=O)c2ccc(Cl)c(Cl)c2)n(-c2ccccc2)n1. The molecule has 0 spiro atoms. The van der Waals surface area contributed by atoms with E-state index in [1.54, 1.807) is 17.7 Å². The lowest BCUT2D eigenvalue weighted by Gasteiger charge is -2.09. The van der Waals surface area contributed by atoms with Crippen molar-refractivity contribution >= 4 is 39.1 Å². The number of amides is 1. The molecule has 0 atom stereocenters. The molecule has 0 aliphatic rings. The van der Waals surface area contributed by atoms with Crippen molar-refractivity contribution in [2.45, 2.75) is 18.2 Å². The summed E-state index contributed by atoms with van der Waals surface area (Å²) in [6.45, 7) is 1.80. The van der Waals surface area contributed by atoms with Crippen LogP contribution in [0.2, 0.25) is 10.0 Å². The topological polar surface area (TPSA) is 81.1 Å². The summed E-state index contributed by atoms with van der Waals surface area (Å²) in [5, 5.41) is 4.68. The fourth-order valence-corrected chi connectivity index (χ4v) is 3.90. The van der Waals surface area contributed by atoms with E-state index in [-0.39, 0.29) is 21.4 Å². The van der Waals surface area contributed by atoms with Crippen LogP contribution >= 0.6 is 23.2 Å². The number of carbonyl (C=O) groups excluding carboxylic acids is 1. The Balaban J connectivity index is 1.81. The fraction of sp³-hybridized carbons (Fsp3) is 0.111. The summed E-state index contributed by atoms with van der Waals surface area (Å²) in [4.78, 5) is 12.2. The van der Waals surface area contributed by atoms with Crippen LogP contribution in [0, 0.1) is 6.92 Å². The van der Waals surface area contributed by atoms with Crippen molar-refractivity contribution in [1.29, 1.82) is 0 Å². The third-order valence-corrected chi connectivity index (χ3v) is 5.81. The van der Waals surface area contributed by atoms with E-state index in [0.29, 0.717) is 11.4 Å². The van der Waals surface area contributed by atoms with Gasteiger partial charge in [-0.1, -0.05) is 41.4 Å². The molecular formula is C18H15Cl2N3O3S. The second-order valence-corrected chi connectivity index (χ2v) is 8.30. The summed E-state index contributed by atoms with van der Waals surface area (Å²) in [6, 6.07) is 14.8. The van der Waals surface area contributed by atoms with E-state index in [9.17, 15) is 13.2 Å². The molecule has 3 aromatic rings. The third-order valence-electron chi connectivity index (χ3n) is 3.70. The number of para-hydroxylation sites is 1. The molecule has 0 unspecified atom stereocenters. The van der Waals surface area contributed by atoms with Gasteiger partial charge in [-0.2, -0.15) is 5.10 Å². The second-order valence-electron chi connectivity index (χ2n) is 5.81. The van der Waals surface area contributed by atoms with Crippen LogP contribution in [-0.4, -0.2) is 24.1 Å². The van der Waals surface area contributed by atoms with Crippen LogP contribution in [0.3, 0.4) is 0 Å². The molecule has 9 heteroatoms. The number of halogens is 2. The van der Waals surface area contributed by atoms with E-state index in [0.717, 1.165) is 5.69 Å². The van der Waals surface area contributed by atoms with Gasteiger partial charge in [0.15, 0.2) is 0 Å². The Hall–Kier alpha value is -2.35. The van der Waals surface area contributed by atoms with Crippen molar-refractivity contribution in [3.63, 3.8) is 0 Å². The Bertz CT molecular complexity index is 1100. The van der Waals surface area contributed by atoms with Crippen molar-refractivity contribution in [2.75, 3.05) is 0 Å². The van der Waals surface area contributed by atoms with Crippen molar-refractivity contribution < 1.29 is 13.2 Å². The number of hydrogen-bond donors (Lipinski definition) is 1. The summed E-state index contributed by atoms with van der Waals surface area (Å²) in [6.07, 6.45) is -0.156. The number of nitrogens with zero attached hydrogens (tertiary/aromatic N) is 2. The van der Waals surface area contributed by atoms with Crippen molar-refractivity contribution in [3.8, 4) is 5.69 Å². The molecule has 3 rings (SSSR count). The third kappa shape index (κ3) is 4.50. The quantitative estimate of drug-likeness (QED) is 0.680. The molecule has 0 saturated carbocycles. The molecule has 1 heterocycles. The first-order chi connectivity index (χ1) is 12.8. The molecule has 0 aliphatic carbocycles. The van der Waals surface area contributed by atoms with Gasteiger partial charge in [0.1, 0.15) is 0 Å². The number of sulfonamides is 1. The Morgan fingerprint density at radius 2 is 1.78 bits per heavy atom. The maximum atomic E-state index is 12.4. The smallest absolute Gasteiger partial charge is 0.264 e. The Morgan fingerprint density at radius 1 is 1.07 bits per heavy atom. The van der Waals surface area contributed by atoms with Gasteiger partial charge in [-0.05, 0) is 43.3 Å². The largest absolute Gasteiger partial charge is 0.274 e. The van der Waals surface area contributed by atoms with E-state index >= 15 is 0 Å². The predicted octanol–water partition coefficient (Wildman–Crippen LogP) is 3.54. The number of nitrogens with one attached hydrogen (secondary N) is 1. The molecule has 0 aliphatic heterocycles. The lowest BCUT2D eigenvalue weighted by molar-refractivity contribution is -0.118. The van der Waals surface area contributed by atoms with Crippen LogP contribution in [0.5, 0.6) is 0 Å². The summed E-state index contributed by atoms with van der Waals surface area (Å²) < 4.78 is 28.5. The minimum absolute atomic E-state index is 0.0877. The molecule has 0 bridgehead atoms. The maximum Gasteiger partial charge on any atom is 0.264 e. The molecular weight excluding hydrogens is 409 g/mol. The van der Waals surface area contributed by atoms with E-state index in [1.165, 1.54) is 18.2 Å². The monoisotopic (exact) mass is 423 g/mol. The first-order valence-corrected chi connectivity index (χ1v) is 10.1. The standard InChI is InChI=1S/C18H15Cl2N3O3S/c1-12-9-14(23(21-12)13-5-3-2-4-6-13)10-18(24)22-27(25,26)15-7-8-16(19)17(20)11-15/h2-9,11H,10H2,1H3,(H,22,24). The zero-order chi connectivity index (χ0) is 19.6. The van der Waals surface area contributed by atoms with E-state index in [2.05, 4.69) is 5.10 Å². The van der Waals surface area contributed by atoms with Crippen LogP contribution in [0.15, 0.2) is 59.5 Å². The highest BCUT2D eigenvalue weighted by Gasteiger charge is 2.20.